The quantitative estimate of drug-likeness (QED) is 0.262. The Bertz CT molecular complexity index is 1730. The van der Waals surface area contributed by atoms with Crippen molar-refractivity contribution >= 4 is 57.8 Å². The molecule has 3 heterocycles. The summed E-state index contributed by atoms with van der Waals surface area (Å²) in [5.74, 6) is 0. The highest BCUT2D eigenvalue weighted by atomic mass is 35.5. The lowest BCUT2D eigenvalue weighted by Crippen LogP contribution is -1.99. The predicted molar refractivity (Wildman–Crippen MR) is 146 cm³/mol. The molecule has 3 aromatic heterocycles. The molecule has 0 unspecified atom stereocenters. The lowest BCUT2D eigenvalue weighted by Gasteiger charge is -2.09. The molecule has 0 aliphatic heterocycles. The Hall–Kier alpha value is -4.55. The van der Waals surface area contributed by atoms with E-state index in [0.29, 0.717) is 5.02 Å². The molecular weight excluding hydrogens is 468 g/mol. The maximum Gasteiger partial charge on any atom is 0.143 e. The number of tetrazole rings is 1. The molecule has 174 valence electrons. The minimum atomic E-state index is 0.690. The van der Waals surface area contributed by atoms with Crippen molar-refractivity contribution in [2.75, 3.05) is 0 Å². The van der Waals surface area contributed by atoms with Gasteiger partial charge in [-0.3, -0.25) is 0 Å². The largest absolute Gasteiger partial charge is 0.343 e. The topological polar surface area (TPSA) is 61.4 Å². The molecule has 0 fully saturated rings. The second kappa shape index (κ2) is 9.60. The molecule has 3 aromatic carbocycles. The minimum Gasteiger partial charge on any atom is -0.343 e. The number of rotatable bonds is 6. The first-order valence-electron chi connectivity index (χ1n) is 11.5. The smallest absolute Gasteiger partial charge is 0.143 e. The number of hydrogen-bond acceptors (Lipinski definition) is 4. The Morgan fingerprint density at radius 2 is 1.75 bits per heavy atom. The van der Waals surface area contributed by atoms with E-state index < -0.39 is 0 Å². The molecule has 0 aliphatic rings. The van der Waals surface area contributed by atoms with Crippen LogP contribution in [0.5, 0.6) is 0 Å². The van der Waals surface area contributed by atoms with Crippen molar-refractivity contribution in [3.63, 3.8) is 0 Å². The van der Waals surface area contributed by atoms with Crippen LogP contribution in [-0.2, 0) is 6.54 Å². The summed E-state index contributed by atoms with van der Waals surface area (Å²) >= 11 is 6.13. The number of aromatic nitrogens is 6. The standard InChI is InChI=1S/C29H21ClN6/c30-26-10-8-23-9-12-27(32-28(23)18-26)11-7-21-3-1-4-22(17-21)19-35-15-13-24-5-2-6-25(29(24)35)14-16-36-20-31-33-34-36/h1-18,20H,19H2/b11-7+,16-14-. The van der Waals surface area contributed by atoms with E-state index in [1.54, 1.807) is 11.0 Å². The molecular formula is C29H21ClN6. The fourth-order valence-corrected chi connectivity index (χ4v) is 4.49. The molecule has 0 amide bonds. The van der Waals surface area contributed by atoms with Gasteiger partial charge in [0, 0.05) is 40.3 Å². The van der Waals surface area contributed by atoms with Crippen molar-refractivity contribution in [3.8, 4) is 0 Å². The molecule has 0 radical (unpaired) electrons. The fraction of sp³-hybridized carbons (Fsp3) is 0.0345. The minimum absolute atomic E-state index is 0.690. The van der Waals surface area contributed by atoms with E-state index in [4.69, 9.17) is 16.6 Å². The van der Waals surface area contributed by atoms with Crippen LogP contribution in [0.15, 0.2) is 91.4 Å². The van der Waals surface area contributed by atoms with Gasteiger partial charge in [-0.25, -0.2) is 9.67 Å². The van der Waals surface area contributed by atoms with E-state index in [1.807, 2.05) is 42.6 Å². The van der Waals surface area contributed by atoms with E-state index in [0.717, 1.165) is 34.3 Å². The number of pyridine rings is 1. The van der Waals surface area contributed by atoms with Gasteiger partial charge in [-0.05, 0) is 64.0 Å². The molecule has 0 saturated carbocycles. The van der Waals surface area contributed by atoms with Crippen molar-refractivity contribution in [2.45, 2.75) is 6.54 Å². The maximum atomic E-state index is 6.13. The van der Waals surface area contributed by atoms with Gasteiger partial charge >= 0.3 is 0 Å². The first-order valence-corrected chi connectivity index (χ1v) is 11.9. The van der Waals surface area contributed by atoms with Crippen molar-refractivity contribution in [3.05, 3.63) is 119 Å². The third-order valence-electron chi connectivity index (χ3n) is 6.02. The second-order valence-corrected chi connectivity index (χ2v) is 8.92. The zero-order valence-electron chi connectivity index (χ0n) is 19.2. The third kappa shape index (κ3) is 4.67. The molecule has 0 atom stereocenters. The summed E-state index contributed by atoms with van der Waals surface area (Å²) in [6.45, 7) is 0.758. The summed E-state index contributed by atoms with van der Waals surface area (Å²) in [6, 6.07) is 26.8. The predicted octanol–water partition coefficient (Wildman–Crippen LogP) is 6.68. The fourth-order valence-electron chi connectivity index (χ4n) is 4.32. The van der Waals surface area contributed by atoms with Gasteiger partial charge in [-0.2, -0.15) is 0 Å². The Morgan fingerprint density at radius 1 is 0.833 bits per heavy atom. The molecule has 6 rings (SSSR count). The number of benzene rings is 3. The summed E-state index contributed by atoms with van der Waals surface area (Å²) in [7, 11) is 0. The van der Waals surface area contributed by atoms with Gasteiger partial charge in [0.2, 0.25) is 0 Å². The van der Waals surface area contributed by atoms with Crippen molar-refractivity contribution in [1.29, 1.82) is 0 Å². The van der Waals surface area contributed by atoms with Gasteiger partial charge in [0.05, 0.1) is 16.7 Å². The normalized spacial score (nSPS) is 11.9. The van der Waals surface area contributed by atoms with Gasteiger partial charge in [-0.15, -0.1) is 5.10 Å². The zero-order valence-corrected chi connectivity index (χ0v) is 20.0. The summed E-state index contributed by atoms with van der Waals surface area (Å²) in [6.07, 6.45) is 11.7. The number of para-hydroxylation sites is 1. The average Bonchev–Trinajstić information content (AvgIpc) is 3.57. The second-order valence-electron chi connectivity index (χ2n) is 8.49. The van der Waals surface area contributed by atoms with Crippen molar-refractivity contribution < 1.29 is 0 Å². The van der Waals surface area contributed by atoms with E-state index >= 15 is 0 Å². The third-order valence-corrected chi connectivity index (χ3v) is 6.25. The molecule has 0 bridgehead atoms. The van der Waals surface area contributed by atoms with Crippen LogP contribution < -0.4 is 0 Å². The van der Waals surface area contributed by atoms with Crippen molar-refractivity contribution in [2.24, 2.45) is 0 Å². The molecule has 0 spiro atoms. The van der Waals surface area contributed by atoms with E-state index in [2.05, 4.69) is 87.0 Å². The molecule has 36 heavy (non-hydrogen) atoms. The maximum absolute atomic E-state index is 6.13. The monoisotopic (exact) mass is 488 g/mol. The highest BCUT2D eigenvalue weighted by Crippen LogP contribution is 2.24. The number of fused-ring (bicyclic) bond motifs is 2. The van der Waals surface area contributed by atoms with Crippen LogP contribution in [-0.4, -0.2) is 29.8 Å². The summed E-state index contributed by atoms with van der Waals surface area (Å²) < 4.78 is 3.85. The molecule has 6 nitrogen and oxygen atoms in total. The van der Waals surface area contributed by atoms with Gasteiger partial charge in [0.15, 0.2) is 0 Å². The molecule has 0 aliphatic carbocycles. The SMILES string of the molecule is Clc1ccc2ccc(/C=C/c3cccc(Cn4ccc5cccc(/C=C\n6cnnn6)c54)c3)nc2c1. The highest BCUT2D eigenvalue weighted by molar-refractivity contribution is 6.31. The Kier molecular flexibility index (Phi) is 5.85. The molecule has 7 heteroatoms. The van der Waals surface area contributed by atoms with E-state index in [9.17, 15) is 0 Å². The summed E-state index contributed by atoms with van der Waals surface area (Å²) in [5.41, 5.74) is 6.39. The van der Waals surface area contributed by atoms with Gasteiger partial charge in [0.25, 0.3) is 0 Å². The van der Waals surface area contributed by atoms with Gasteiger partial charge < -0.3 is 4.57 Å². The van der Waals surface area contributed by atoms with Crippen LogP contribution >= 0.6 is 11.6 Å². The summed E-state index contributed by atoms with van der Waals surface area (Å²) in [4.78, 5) is 4.72. The highest BCUT2D eigenvalue weighted by Gasteiger charge is 2.06. The van der Waals surface area contributed by atoms with E-state index in [-0.39, 0.29) is 0 Å². The first-order chi connectivity index (χ1) is 17.7. The van der Waals surface area contributed by atoms with Crippen molar-refractivity contribution in [1.82, 2.24) is 29.8 Å². The van der Waals surface area contributed by atoms with Crippen LogP contribution in [0, 0.1) is 0 Å². The van der Waals surface area contributed by atoms with Crippen LogP contribution in [0.25, 0.3) is 46.2 Å². The lowest BCUT2D eigenvalue weighted by molar-refractivity contribution is 0.819. The van der Waals surface area contributed by atoms with Crippen LogP contribution in [0.3, 0.4) is 0 Å². The molecule has 6 aromatic rings. The Balaban J connectivity index is 1.26. The Labute approximate surface area is 212 Å². The van der Waals surface area contributed by atoms with Crippen LogP contribution in [0.2, 0.25) is 5.02 Å². The number of nitrogens with zero attached hydrogens (tertiary/aromatic N) is 6. The molecule has 0 saturated heterocycles. The van der Waals surface area contributed by atoms with Crippen LogP contribution in [0.1, 0.15) is 22.4 Å². The average molecular weight is 489 g/mol. The van der Waals surface area contributed by atoms with Gasteiger partial charge in [-0.1, -0.05) is 66.2 Å². The van der Waals surface area contributed by atoms with Gasteiger partial charge in [0.1, 0.15) is 6.33 Å². The first kappa shape index (κ1) is 21.9. The summed E-state index contributed by atoms with van der Waals surface area (Å²) in [5, 5.41) is 14.2. The van der Waals surface area contributed by atoms with Crippen LogP contribution in [0.4, 0.5) is 0 Å². The molecule has 0 N–H and O–H groups in total. The number of hydrogen-bond donors (Lipinski definition) is 0. The lowest BCUT2D eigenvalue weighted by atomic mass is 10.1. The zero-order chi connectivity index (χ0) is 24.3. The Morgan fingerprint density at radius 3 is 2.67 bits per heavy atom. The van der Waals surface area contributed by atoms with E-state index in [1.165, 1.54) is 16.5 Å². The number of halogens is 1.